The number of piperidine rings is 1. The molecule has 0 aliphatic carbocycles. The molecular formula is C17H21FN4O4S. The first-order chi connectivity index (χ1) is 12.9. The molecule has 0 saturated carbocycles. The van der Waals surface area contributed by atoms with Crippen molar-refractivity contribution in [3.63, 3.8) is 0 Å². The van der Waals surface area contributed by atoms with Gasteiger partial charge in [-0.15, -0.1) is 0 Å². The number of nitrogens with one attached hydrogen (secondary N) is 1. The standard InChI is InChI=1S/C17H21FN4O4S/c1-2-27(24,25)14-6-8-22(9-7-14)17(23)19-11-15-20-16(26-21-15)12-4-3-5-13(18)10-12/h3-5,10,14H,2,6-9,11H2,1H3,(H,19,23). The molecule has 0 unspecified atom stereocenters. The van der Waals surface area contributed by atoms with Crippen molar-refractivity contribution in [3.8, 4) is 11.5 Å². The zero-order valence-corrected chi connectivity index (χ0v) is 15.7. The molecule has 0 radical (unpaired) electrons. The van der Waals surface area contributed by atoms with E-state index in [2.05, 4.69) is 15.5 Å². The SMILES string of the molecule is CCS(=O)(=O)C1CCN(C(=O)NCc2noc(-c3cccc(F)c3)n2)CC1. The Hall–Kier alpha value is -2.49. The third-order valence-electron chi connectivity index (χ3n) is 4.58. The van der Waals surface area contributed by atoms with Crippen molar-refractivity contribution in [3.05, 3.63) is 35.9 Å². The molecule has 1 aliphatic heterocycles. The summed E-state index contributed by atoms with van der Waals surface area (Å²) in [4.78, 5) is 18.0. The second-order valence-corrected chi connectivity index (χ2v) is 8.89. The molecule has 1 fully saturated rings. The third kappa shape index (κ3) is 4.62. The van der Waals surface area contributed by atoms with Gasteiger partial charge in [0.25, 0.3) is 5.89 Å². The van der Waals surface area contributed by atoms with Crippen LogP contribution in [0.4, 0.5) is 9.18 Å². The minimum absolute atomic E-state index is 0.0604. The Morgan fingerprint density at radius 3 is 2.78 bits per heavy atom. The van der Waals surface area contributed by atoms with Crippen molar-refractivity contribution >= 4 is 15.9 Å². The van der Waals surface area contributed by atoms with Crippen molar-refractivity contribution in [2.45, 2.75) is 31.6 Å². The molecule has 0 atom stereocenters. The molecule has 146 valence electrons. The van der Waals surface area contributed by atoms with E-state index in [0.29, 0.717) is 31.5 Å². The maximum atomic E-state index is 13.3. The van der Waals surface area contributed by atoms with Crippen LogP contribution >= 0.6 is 0 Å². The Kier molecular flexibility index (Phi) is 5.73. The zero-order chi connectivity index (χ0) is 19.4. The van der Waals surface area contributed by atoms with Gasteiger partial charge >= 0.3 is 6.03 Å². The van der Waals surface area contributed by atoms with Crippen LogP contribution in [0, 0.1) is 5.82 Å². The first kappa shape index (κ1) is 19.3. The summed E-state index contributed by atoms with van der Waals surface area (Å²) in [5, 5.41) is 6.09. The number of hydrogen-bond acceptors (Lipinski definition) is 6. The number of rotatable bonds is 5. The third-order valence-corrected chi connectivity index (χ3v) is 6.87. The predicted octanol–water partition coefficient (Wildman–Crippen LogP) is 1.98. The van der Waals surface area contributed by atoms with Gasteiger partial charge in [0.1, 0.15) is 5.82 Å². The van der Waals surface area contributed by atoms with E-state index in [1.54, 1.807) is 24.0 Å². The van der Waals surface area contributed by atoms with Gasteiger partial charge in [-0.1, -0.05) is 18.1 Å². The minimum Gasteiger partial charge on any atom is -0.334 e. The summed E-state index contributed by atoms with van der Waals surface area (Å²) in [6.45, 7) is 2.47. The molecule has 1 aromatic heterocycles. The Labute approximate surface area is 156 Å². The highest BCUT2D eigenvalue weighted by molar-refractivity contribution is 7.92. The van der Waals surface area contributed by atoms with E-state index in [9.17, 15) is 17.6 Å². The topological polar surface area (TPSA) is 105 Å². The Balaban J connectivity index is 1.52. The van der Waals surface area contributed by atoms with Gasteiger partial charge in [0.05, 0.1) is 11.8 Å². The maximum absolute atomic E-state index is 13.3. The molecule has 1 N–H and O–H groups in total. The van der Waals surface area contributed by atoms with E-state index in [0.717, 1.165) is 0 Å². The van der Waals surface area contributed by atoms with Gasteiger partial charge in [0.2, 0.25) is 0 Å². The molecule has 1 aliphatic rings. The molecular weight excluding hydrogens is 375 g/mol. The number of amides is 2. The number of nitrogens with zero attached hydrogens (tertiary/aromatic N) is 3. The first-order valence-electron chi connectivity index (χ1n) is 8.72. The highest BCUT2D eigenvalue weighted by Crippen LogP contribution is 2.19. The van der Waals surface area contributed by atoms with Crippen LogP contribution in [-0.4, -0.2) is 53.6 Å². The van der Waals surface area contributed by atoms with Crippen molar-refractivity contribution in [2.75, 3.05) is 18.8 Å². The van der Waals surface area contributed by atoms with Crippen LogP contribution in [0.5, 0.6) is 0 Å². The molecule has 8 nitrogen and oxygen atoms in total. The van der Waals surface area contributed by atoms with Gasteiger partial charge in [-0.2, -0.15) is 4.98 Å². The molecule has 0 spiro atoms. The van der Waals surface area contributed by atoms with Crippen LogP contribution in [0.25, 0.3) is 11.5 Å². The number of carbonyl (C=O) groups excluding carboxylic acids is 1. The van der Waals surface area contributed by atoms with Crippen molar-refractivity contribution < 1.29 is 22.1 Å². The smallest absolute Gasteiger partial charge is 0.317 e. The van der Waals surface area contributed by atoms with Gasteiger partial charge in [-0.3, -0.25) is 0 Å². The van der Waals surface area contributed by atoms with E-state index < -0.39 is 15.7 Å². The number of carbonyl (C=O) groups is 1. The number of urea groups is 1. The fourth-order valence-electron chi connectivity index (χ4n) is 2.98. The summed E-state index contributed by atoms with van der Waals surface area (Å²) in [6, 6.07) is 5.48. The zero-order valence-electron chi connectivity index (χ0n) is 14.9. The number of aromatic nitrogens is 2. The fourth-order valence-corrected chi connectivity index (χ4v) is 4.39. The normalized spacial score (nSPS) is 15.7. The molecule has 2 heterocycles. The predicted molar refractivity (Wildman–Crippen MR) is 96.0 cm³/mol. The van der Waals surface area contributed by atoms with E-state index in [4.69, 9.17) is 4.52 Å². The quantitative estimate of drug-likeness (QED) is 0.829. The lowest BCUT2D eigenvalue weighted by molar-refractivity contribution is 0.186. The second kappa shape index (κ2) is 8.03. The molecule has 3 rings (SSSR count). The van der Waals surface area contributed by atoms with Crippen molar-refractivity contribution in [1.29, 1.82) is 0 Å². The molecule has 1 saturated heterocycles. The van der Waals surface area contributed by atoms with E-state index in [1.807, 2.05) is 0 Å². The molecule has 1 aromatic carbocycles. The van der Waals surface area contributed by atoms with E-state index >= 15 is 0 Å². The summed E-state index contributed by atoms with van der Waals surface area (Å²) in [6.07, 6.45) is 0.880. The molecule has 27 heavy (non-hydrogen) atoms. The average Bonchev–Trinajstić information content (AvgIpc) is 3.15. The largest absolute Gasteiger partial charge is 0.334 e. The van der Waals surface area contributed by atoms with Crippen LogP contribution in [0.1, 0.15) is 25.6 Å². The Morgan fingerprint density at radius 2 is 2.11 bits per heavy atom. The number of sulfone groups is 1. The minimum atomic E-state index is -3.07. The van der Waals surface area contributed by atoms with Crippen LogP contribution < -0.4 is 5.32 Å². The lowest BCUT2D eigenvalue weighted by atomic mass is 10.1. The number of hydrogen-bond donors (Lipinski definition) is 1. The van der Waals surface area contributed by atoms with E-state index in [-0.39, 0.29) is 35.3 Å². The summed E-state index contributed by atoms with van der Waals surface area (Å²) in [5.41, 5.74) is 0.458. The van der Waals surface area contributed by atoms with Gasteiger partial charge in [0.15, 0.2) is 15.7 Å². The maximum Gasteiger partial charge on any atom is 0.317 e. The molecule has 2 amide bonds. The highest BCUT2D eigenvalue weighted by Gasteiger charge is 2.30. The van der Waals surface area contributed by atoms with Crippen LogP contribution in [0.2, 0.25) is 0 Å². The average molecular weight is 396 g/mol. The summed E-state index contributed by atoms with van der Waals surface area (Å²) < 4.78 is 42.2. The van der Waals surface area contributed by atoms with E-state index in [1.165, 1.54) is 12.1 Å². The summed E-state index contributed by atoms with van der Waals surface area (Å²) in [7, 11) is -3.07. The number of likely N-dealkylation sites (tertiary alicyclic amines) is 1. The van der Waals surface area contributed by atoms with Crippen LogP contribution in [0.15, 0.2) is 28.8 Å². The number of halogens is 1. The Morgan fingerprint density at radius 1 is 1.37 bits per heavy atom. The van der Waals surface area contributed by atoms with Crippen molar-refractivity contribution in [1.82, 2.24) is 20.4 Å². The molecule has 2 aromatic rings. The van der Waals surface area contributed by atoms with Gasteiger partial charge < -0.3 is 14.7 Å². The second-order valence-electron chi connectivity index (χ2n) is 6.32. The fraction of sp³-hybridized carbons (Fsp3) is 0.471. The molecule has 10 heteroatoms. The van der Waals surface area contributed by atoms with Gasteiger partial charge in [0, 0.05) is 24.4 Å². The summed E-state index contributed by atoms with van der Waals surface area (Å²) >= 11 is 0. The summed E-state index contributed by atoms with van der Waals surface area (Å²) in [5.74, 6) is 0.152. The van der Waals surface area contributed by atoms with Crippen LogP contribution in [0.3, 0.4) is 0 Å². The van der Waals surface area contributed by atoms with Gasteiger partial charge in [-0.25, -0.2) is 17.6 Å². The Bertz CT molecular complexity index is 907. The van der Waals surface area contributed by atoms with Gasteiger partial charge in [-0.05, 0) is 31.0 Å². The van der Waals surface area contributed by atoms with Crippen molar-refractivity contribution in [2.24, 2.45) is 0 Å². The molecule has 0 bridgehead atoms. The lowest BCUT2D eigenvalue weighted by Crippen LogP contribution is -2.47. The first-order valence-corrected chi connectivity index (χ1v) is 10.4. The lowest BCUT2D eigenvalue weighted by Gasteiger charge is -2.31. The van der Waals surface area contributed by atoms with Crippen LogP contribution in [-0.2, 0) is 16.4 Å². The highest BCUT2D eigenvalue weighted by atomic mass is 32.2. The number of benzene rings is 1. The monoisotopic (exact) mass is 396 g/mol.